The Hall–Kier alpha value is -2.01. The number of ether oxygens (including phenoxy) is 2. The second kappa shape index (κ2) is 10.5. The number of nitrogens with zero attached hydrogens (tertiary/aromatic N) is 1. The highest BCUT2D eigenvalue weighted by Crippen LogP contribution is 2.58. The number of fused-ring (bicyclic) bond motifs is 4. The van der Waals surface area contributed by atoms with Crippen LogP contribution >= 0.6 is 0 Å². The van der Waals surface area contributed by atoms with Crippen LogP contribution in [0.25, 0.3) is 0 Å². The average Bonchev–Trinajstić information content (AvgIpc) is 3.15. The van der Waals surface area contributed by atoms with Crippen molar-refractivity contribution < 1.29 is 41.4 Å². The molecule has 1 aromatic heterocycles. The Kier molecular flexibility index (Phi) is 7.93. The predicted octanol–water partition coefficient (Wildman–Crippen LogP) is 8.65. The Balaban J connectivity index is 1.83. The minimum atomic E-state index is -4.67. The number of aromatic nitrogens is 1. The molecule has 3 heterocycles. The number of benzene rings is 1. The number of hydrogen-bond acceptors (Lipinski definition) is 4. The van der Waals surface area contributed by atoms with Crippen LogP contribution in [0.1, 0.15) is 125 Å². The summed E-state index contributed by atoms with van der Waals surface area (Å²) >= 11 is 0. The first-order valence-corrected chi connectivity index (χ1v) is 18.2. The molecule has 5 rings (SSSR count). The van der Waals surface area contributed by atoms with Crippen molar-refractivity contribution in [2.75, 3.05) is 13.2 Å². The molecule has 2 atom stereocenters. The molecule has 1 fully saturated rings. The maximum atomic E-state index is 15.7. The van der Waals surface area contributed by atoms with Gasteiger partial charge in [0.25, 0.3) is 0 Å². The van der Waals surface area contributed by atoms with Gasteiger partial charge in [0, 0.05) is 54.3 Å². The van der Waals surface area contributed by atoms with E-state index in [-0.39, 0.29) is 28.0 Å². The third-order valence-corrected chi connectivity index (χ3v) is 14.6. The van der Waals surface area contributed by atoms with Crippen LogP contribution in [-0.2, 0) is 32.1 Å². The molecular formula is C33H46F4NO4Si+. The summed E-state index contributed by atoms with van der Waals surface area (Å²) < 4.78 is 77.2. The highest BCUT2D eigenvalue weighted by molar-refractivity contribution is 6.74. The van der Waals surface area contributed by atoms with Crippen LogP contribution < -0.4 is 4.73 Å². The molecule has 1 N–H and O–H groups in total. The number of halogens is 4. The molecule has 2 aliphatic heterocycles. The summed E-state index contributed by atoms with van der Waals surface area (Å²) in [4.78, 5) is 0. The summed E-state index contributed by atoms with van der Waals surface area (Å²) in [6.07, 6.45) is -3.66. The van der Waals surface area contributed by atoms with Crippen molar-refractivity contribution in [3.8, 4) is 0 Å². The van der Waals surface area contributed by atoms with E-state index in [0.717, 1.165) is 29.3 Å². The fourth-order valence-electron chi connectivity index (χ4n) is 6.93. The van der Waals surface area contributed by atoms with Crippen LogP contribution in [0.2, 0.25) is 18.1 Å². The van der Waals surface area contributed by atoms with Gasteiger partial charge in [0.05, 0.1) is 28.4 Å². The molecule has 2 aromatic rings. The first kappa shape index (κ1) is 32.4. The van der Waals surface area contributed by atoms with Crippen molar-refractivity contribution in [1.29, 1.82) is 0 Å². The predicted molar refractivity (Wildman–Crippen MR) is 157 cm³/mol. The number of pyridine rings is 1. The van der Waals surface area contributed by atoms with Crippen molar-refractivity contribution >= 4 is 8.32 Å². The van der Waals surface area contributed by atoms with Crippen molar-refractivity contribution in [3.05, 3.63) is 63.2 Å². The number of hydrogen-bond donors (Lipinski definition) is 1. The Morgan fingerprint density at radius 1 is 1.07 bits per heavy atom. The fourth-order valence-corrected chi connectivity index (χ4v) is 8.20. The van der Waals surface area contributed by atoms with E-state index >= 15 is 4.39 Å². The smallest absolute Gasteiger partial charge is 0.410 e. The maximum Gasteiger partial charge on any atom is 0.416 e. The average molecular weight is 625 g/mol. The molecule has 0 amide bonds. The molecule has 238 valence electrons. The molecule has 1 aromatic carbocycles. The van der Waals surface area contributed by atoms with Crippen LogP contribution in [0.3, 0.4) is 0 Å². The molecular weight excluding hydrogens is 578 g/mol. The summed E-state index contributed by atoms with van der Waals surface area (Å²) in [7, 11) is -2.31. The van der Waals surface area contributed by atoms with Crippen molar-refractivity contribution in [1.82, 2.24) is 0 Å². The van der Waals surface area contributed by atoms with Gasteiger partial charge in [-0.25, -0.2) is 4.39 Å². The fraction of sp³-hybridized carbons (Fsp3) is 0.667. The van der Waals surface area contributed by atoms with Crippen molar-refractivity contribution in [2.24, 2.45) is 5.41 Å². The number of rotatable bonds is 4. The van der Waals surface area contributed by atoms with Crippen LogP contribution in [0, 0.1) is 11.2 Å². The monoisotopic (exact) mass is 624 g/mol. The van der Waals surface area contributed by atoms with E-state index in [0.29, 0.717) is 49.8 Å². The molecule has 1 aliphatic carbocycles. The van der Waals surface area contributed by atoms with Crippen LogP contribution in [-0.4, -0.2) is 26.7 Å². The molecule has 43 heavy (non-hydrogen) atoms. The Morgan fingerprint density at radius 3 is 2.23 bits per heavy atom. The minimum Gasteiger partial charge on any atom is -0.410 e. The summed E-state index contributed by atoms with van der Waals surface area (Å²) in [6, 6.07) is 2.63. The zero-order valence-corrected chi connectivity index (χ0v) is 27.8. The third-order valence-electron chi connectivity index (χ3n) is 10.1. The molecule has 3 aliphatic rings. The van der Waals surface area contributed by atoms with Crippen molar-refractivity contribution in [3.63, 3.8) is 0 Å². The quantitative estimate of drug-likeness (QED) is 0.160. The normalized spacial score (nSPS) is 23.5. The molecule has 5 nitrogen and oxygen atoms in total. The van der Waals surface area contributed by atoms with Gasteiger partial charge in [0.1, 0.15) is 11.9 Å². The second-order valence-corrected chi connectivity index (χ2v) is 20.0. The minimum absolute atomic E-state index is 0.0254. The summed E-state index contributed by atoms with van der Waals surface area (Å²) in [5, 5.41) is 11.9. The van der Waals surface area contributed by atoms with Gasteiger partial charge in [0.2, 0.25) is 11.4 Å². The summed E-state index contributed by atoms with van der Waals surface area (Å²) in [6.45, 7) is 20.2. The first-order chi connectivity index (χ1) is 19.7. The van der Waals surface area contributed by atoms with Crippen LogP contribution in [0.5, 0.6) is 0 Å². The van der Waals surface area contributed by atoms with Crippen LogP contribution in [0.4, 0.5) is 17.6 Å². The highest BCUT2D eigenvalue weighted by atomic mass is 28.4. The van der Waals surface area contributed by atoms with E-state index in [1.807, 2.05) is 13.8 Å². The van der Waals surface area contributed by atoms with Gasteiger partial charge in [-0.05, 0) is 42.1 Å². The van der Waals surface area contributed by atoms with Gasteiger partial charge in [0.15, 0.2) is 8.32 Å². The lowest BCUT2D eigenvalue weighted by Crippen LogP contribution is -2.50. The van der Waals surface area contributed by atoms with Gasteiger partial charge in [-0.1, -0.05) is 54.5 Å². The van der Waals surface area contributed by atoms with Crippen molar-refractivity contribution in [2.45, 2.75) is 122 Å². The first-order valence-electron chi connectivity index (χ1n) is 15.3. The van der Waals surface area contributed by atoms with Gasteiger partial charge < -0.3 is 13.9 Å². The largest absolute Gasteiger partial charge is 0.416 e. The zero-order valence-electron chi connectivity index (χ0n) is 26.8. The second-order valence-electron chi connectivity index (χ2n) is 15.3. The Morgan fingerprint density at radius 2 is 1.70 bits per heavy atom. The molecule has 10 heteroatoms. The van der Waals surface area contributed by atoms with E-state index in [9.17, 15) is 18.4 Å². The molecule has 1 saturated heterocycles. The standard InChI is InChI=1S/C33H46F4NO4Si/c1-19(2)28-26-27(25-23(38(28)39)17-31(6,7)18-24(25)42-43(8,9)30(3,4)5)32(12-14-40-15-13-32)41-29(26)21-11-10-20(16-22(21)34)33(35,36)37/h10-11,16,19,24,29,39H,12-15,17-18H2,1-9H3/q+1. The van der Waals surface area contributed by atoms with Gasteiger partial charge in [-0.3, -0.25) is 5.21 Å². The lowest BCUT2D eigenvalue weighted by atomic mass is 9.69. The third kappa shape index (κ3) is 5.55. The van der Waals surface area contributed by atoms with Gasteiger partial charge >= 0.3 is 6.18 Å². The maximum absolute atomic E-state index is 15.7. The zero-order chi connectivity index (χ0) is 31.9. The molecule has 1 spiro atoms. The van der Waals surface area contributed by atoms with E-state index in [1.165, 1.54) is 10.8 Å². The van der Waals surface area contributed by atoms with Crippen LogP contribution in [0.15, 0.2) is 18.2 Å². The lowest BCUT2D eigenvalue weighted by Gasteiger charge is -2.45. The van der Waals surface area contributed by atoms with Gasteiger partial charge in [-0.2, -0.15) is 13.2 Å². The highest BCUT2D eigenvalue weighted by Gasteiger charge is 2.57. The topological polar surface area (TPSA) is 51.8 Å². The molecule has 0 radical (unpaired) electrons. The van der Waals surface area contributed by atoms with E-state index < -0.39 is 37.6 Å². The van der Waals surface area contributed by atoms with Gasteiger partial charge in [-0.15, -0.1) is 0 Å². The Labute approximate surface area is 253 Å². The van der Waals surface area contributed by atoms with E-state index in [2.05, 4.69) is 47.7 Å². The molecule has 0 bridgehead atoms. The summed E-state index contributed by atoms with van der Waals surface area (Å²) in [5.41, 5.74) is 1.74. The number of alkyl halides is 3. The SMILES string of the molecule is CC(C)c1c2c(c3c([n+]1O)CC(C)(C)CC3O[Si](C)(C)C(C)(C)C)C1(CCOCC1)OC2c1ccc(C(F)(F)F)cc1F. The molecule has 0 saturated carbocycles. The van der Waals surface area contributed by atoms with E-state index in [1.54, 1.807) is 0 Å². The molecule has 2 unspecified atom stereocenters. The lowest BCUT2D eigenvalue weighted by molar-refractivity contribution is -0.916. The Bertz CT molecular complexity index is 1410. The summed E-state index contributed by atoms with van der Waals surface area (Å²) in [5.74, 6) is -1.17. The van der Waals surface area contributed by atoms with E-state index in [4.69, 9.17) is 13.9 Å².